The van der Waals surface area contributed by atoms with Crippen LogP contribution in [0.3, 0.4) is 0 Å². The molecular weight excluding hydrogens is 272 g/mol. The third kappa shape index (κ3) is 20.1. The summed E-state index contributed by atoms with van der Waals surface area (Å²) >= 11 is 6.53. The first-order valence-corrected chi connectivity index (χ1v) is 5.87. The summed E-state index contributed by atoms with van der Waals surface area (Å²) in [7, 11) is 1.66. The number of rotatable bonds is 2. The van der Waals surface area contributed by atoms with Crippen LogP contribution < -0.4 is 15.8 Å². The molecule has 0 aliphatic carbocycles. The third-order valence-corrected chi connectivity index (χ3v) is 1.47. The Labute approximate surface area is 118 Å². The zero-order valence-corrected chi connectivity index (χ0v) is 12.1. The van der Waals surface area contributed by atoms with Gasteiger partial charge < -0.3 is 15.8 Å². The van der Waals surface area contributed by atoms with Gasteiger partial charge in [-0.3, -0.25) is 9.59 Å². The van der Waals surface area contributed by atoms with E-state index in [0.717, 1.165) is 5.75 Å². The van der Waals surface area contributed by atoms with Gasteiger partial charge in [-0.15, -0.1) is 0 Å². The highest BCUT2D eigenvalue weighted by Gasteiger charge is 1.80. The Bertz CT molecular complexity index is 330. The van der Waals surface area contributed by atoms with Crippen molar-refractivity contribution in [1.82, 2.24) is 5.32 Å². The second-order valence-corrected chi connectivity index (χ2v) is 3.54. The maximum atomic E-state index is 9.80. The molecule has 0 unspecified atom stereocenters. The van der Waals surface area contributed by atoms with Crippen molar-refractivity contribution in [2.24, 2.45) is 5.73 Å². The molecule has 0 atom stereocenters. The molecular formula is C11H18N2O3S2. The number of thiol groups is 2. The minimum Gasteiger partial charge on any atom is -0.497 e. The Hall–Kier alpha value is -1.34. The molecule has 0 aliphatic rings. The summed E-state index contributed by atoms with van der Waals surface area (Å²) < 4.78 is 4.91. The third-order valence-electron chi connectivity index (χ3n) is 1.31. The van der Waals surface area contributed by atoms with Crippen molar-refractivity contribution in [2.45, 2.75) is 6.92 Å². The first-order valence-electron chi connectivity index (χ1n) is 4.98. The highest BCUT2D eigenvalue weighted by Crippen LogP contribution is 2.05. The molecule has 0 saturated heterocycles. The quantitative estimate of drug-likeness (QED) is 0.631. The maximum Gasteiger partial charge on any atom is 0.275 e. The number of primary amides is 1. The normalized spacial score (nSPS) is 7.78. The number of para-hydroxylation sites is 1. The summed E-state index contributed by atoms with van der Waals surface area (Å²) in [5, 5.41) is 1.53. The lowest BCUT2D eigenvalue weighted by Crippen LogP contribution is -2.14. The number of benzene rings is 1. The summed E-state index contributed by atoms with van der Waals surface area (Å²) in [6.07, 6.45) is 0. The predicted molar refractivity (Wildman–Crippen MR) is 79.6 cm³/mol. The summed E-state index contributed by atoms with van der Waals surface area (Å²) in [5.74, 6) is 0.910. The van der Waals surface area contributed by atoms with E-state index in [1.54, 1.807) is 7.11 Å². The van der Waals surface area contributed by atoms with E-state index in [9.17, 15) is 4.79 Å². The number of nitrogens with two attached hydrogens (primary N) is 1. The lowest BCUT2D eigenvalue weighted by Gasteiger charge is -1.93. The fourth-order valence-electron chi connectivity index (χ4n) is 0.708. The Morgan fingerprint density at radius 2 is 1.72 bits per heavy atom. The second-order valence-electron chi connectivity index (χ2n) is 2.69. The van der Waals surface area contributed by atoms with E-state index in [1.807, 2.05) is 37.3 Å². The largest absolute Gasteiger partial charge is 0.497 e. The number of methoxy groups -OCH3 is 1. The van der Waals surface area contributed by atoms with Crippen LogP contribution in [-0.4, -0.2) is 24.1 Å². The van der Waals surface area contributed by atoms with Crippen LogP contribution in [0.1, 0.15) is 6.92 Å². The molecule has 0 spiro atoms. The SMILES string of the molecule is CCNC(=O)S.COc1ccccc1.NC(=O)S. The van der Waals surface area contributed by atoms with E-state index in [-0.39, 0.29) is 5.24 Å². The van der Waals surface area contributed by atoms with Crippen LogP contribution >= 0.6 is 25.3 Å². The molecule has 0 aromatic heterocycles. The van der Waals surface area contributed by atoms with Gasteiger partial charge in [0.1, 0.15) is 5.75 Å². The minimum atomic E-state index is -0.639. The number of amides is 2. The van der Waals surface area contributed by atoms with Gasteiger partial charge in [0.05, 0.1) is 7.11 Å². The zero-order chi connectivity index (χ0) is 14.4. The molecule has 0 aliphatic heterocycles. The van der Waals surface area contributed by atoms with Crippen LogP contribution in [0.25, 0.3) is 0 Å². The summed E-state index contributed by atoms with van der Waals surface area (Å²) in [5.41, 5.74) is 4.34. The average Bonchev–Trinajstić information content (AvgIpc) is 2.30. The van der Waals surface area contributed by atoms with Gasteiger partial charge >= 0.3 is 0 Å². The molecule has 2 amide bonds. The van der Waals surface area contributed by atoms with Crippen molar-refractivity contribution in [3.05, 3.63) is 30.3 Å². The van der Waals surface area contributed by atoms with Gasteiger partial charge in [-0.1, -0.05) is 43.5 Å². The van der Waals surface area contributed by atoms with E-state index in [4.69, 9.17) is 9.53 Å². The van der Waals surface area contributed by atoms with Gasteiger partial charge in [0.2, 0.25) is 0 Å². The van der Waals surface area contributed by atoms with E-state index >= 15 is 0 Å². The number of carbonyl (C=O) groups excluding carboxylic acids is 2. The van der Waals surface area contributed by atoms with Crippen molar-refractivity contribution in [2.75, 3.05) is 13.7 Å². The predicted octanol–water partition coefficient (Wildman–Crippen LogP) is 2.34. The van der Waals surface area contributed by atoms with Gasteiger partial charge in [0.15, 0.2) is 0 Å². The fraction of sp³-hybridized carbons (Fsp3) is 0.273. The summed E-state index contributed by atoms with van der Waals surface area (Å²) in [6, 6.07) is 9.68. The van der Waals surface area contributed by atoms with Crippen LogP contribution in [0.2, 0.25) is 0 Å². The van der Waals surface area contributed by atoms with Gasteiger partial charge in [-0.2, -0.15) is 0 Å². The van der Waals surface area contributed by atoms with E-state index in [0.29, 0.717) is 6.54 Å². The lowest BCUT2D eigenvalue weighted by molar-refractivity contribution is 0.261. The number of carbonyl (C=O) groups is 2. The first kappa shape index (κ1) is 19.0. The van der Waals surface area contributed by atoms with E-state index in [2.05, 4.69) is 36.3 Å². The molecule has 102 valence electrons. The van der Waals surface area contributed by atoms with Crippen LogP contribution in [0.5, 0.6) is 5.75 Å². The fourth-order valence-corrected chi connectivity index (χ4v) is 0.866. The number of nitrogens with one attached hydrogen (secondary N) is 1. The summed E-state index contributed by atoms with van der Waals surface area (Å²) in [4.78, 5) is 18.9. The lowest BCUT2D eigenvalue weighted by atomic mass is 10.3. The molecule has 0 bridgehead atoms. The Morgan fingerprint density at radius 1 is 1.28 bits per heavy atom. The number of ether oxygens (including phenoxy) is 1. The molecule has 18 heavy (non-hydrogen) atoms. The van der Waals surface area contributed by atoms with Gasteiger partial charge in [0, 0.05) is 6.54 Å². The molecule has 0 radical (unpaired) electrons. The van der Waals surface area contributed by atoms with E-state index < -0.39 is 5.24 Å². The molecule has 0 fully saturated rings. The average molecular weight is 290 g/mol. The molecule has 5 nitrogen and oxygen atoms in total. The number of hydrogen-bond donors (Lipinski definition) is 4. The topological polar surface area (TPSA) is 81.4 Å². The van der Waals surface area contributed by atoms with Crippen LogP contribution in [-0.2, 0) is 0 Å². The number of hydrogen-bond acceptors (Lipinski definition) is 3. The van der Waals surface area contributed by atoms with Gasteiger partial charge in [-0.05, 0) is 19.1 Å². The second kappa shape index (κ2) is 13.7. The van der Waals surface area contributed by atoms with Crippen molar-refractivity contribution in [3.63, 3.8) is 0 Å². The highest BCUT2D eigenvalue weighted by molar-refractivity contribution is 7.96. The van der Waals surface area contributed by atoms with Crippen LogP contribution in [0, 0.1) is 0 Å². The van der Waals surface area contributed by atoms with Gasteiger partial charge in [0.25, 0.3) is 10.5 Å². The molecule has 0 heterocycles. The molecule has 0 saturated carbocycles. The van der Waals surface area contributed by atoms with Crippen LogP contribution in [0.15, 0.2) is 30.3 Å². The Balaban J connectivity index is 0. The zero-order valence-electron chi connectivity index (χ0n) is 10.3. The van der Waals surface area contributed by atoms with Crippen molar-refractivity contribution < 1.29 is 14.3 Å². The van der Waals surface area contributed by atoms with Crippen molar-refractivity contribution in [1.29, 1.82) is 0 Å². The van der Waals surface area contributed by atoms with Gasteiger partial charge in [-0.25, -0.2) is 0 Å². The maximum absolute atomic E-state index is 9.80. The Morgan fingerprint density at radius 3 is 1.89 bits per heavy atom. The van der Waals surface area contributed by atoms with Crippen molar-refractivity contribution >= 4 is 35.7 Å². The van der Waals surface area contributed by atoms with Crippen molar-refractivity contribution in [3.8, 4) is 5.75 Å². The standard InChI is InChI=1S/C7H8O.C3H7NOS.CH3NOS/c1-8-7-5-3-2-4-6-7;1-2-4-3(5)6;2-1(3)4/h2-6H,1H3;2H2,1H3,(H2,4,5,6);(H3,2,3,4). The smallest absolute Gasteiger partial charge is 0.275 e. The van der Waals surface area contributed by atoms with Crippen LogP contribution in [0.4, 0.5) is 9.59 Å². The van der Waals surface area contributed by atoms with E-state index in [1.165, 1.54) is 0 Å². The first-order chi connectivity index (χ1) is 8.43. The monoisotopic (exact) mass is 290 g/mol. The molecule has 3 N–H and O–H groups in total. The molecule has 1 aromatic rings. The highest BCUT2D eigenvalue weighted by atomic mass is 32.1. The molecule has 1 rings (SSSR count). The minimum absolute atomic E-state index is 0.266. The Kier molecular flexibility index (Phi) is 14.5. The summed E-state index contributed by atoms with van der Waals surface area (Å²) in [6.45, 7) is 2.50. The molecule has 1 aromatic carbocycles. The molecule has 7 heteroatoms.